The van der Waals surface area contributed by atoms with E-state index in [-0.39, 0.29) is 11.8 Å². The van der Waals surface area contributed by atoms with Gasteiger partial charge < -0.3 is 14.9 Å². The van der Waals surface area contributed by atoms with Gasteiger partial charge in [-0.1, -0.05) is 13.3 Å². The third kappa shape index (κ3) is 4.24. The van der Waals surface area contributed by atoms with Crippen LogP contribution in [0.1, 0.15) is 58.3 Å². The van der Waals surface area contributed by atoms with E-state index in [2.05, 4.69) is 0 Å². The number of likely N-dealkylation sites (tertiary alicyclic amines) is 2. The SMILES string of the molecule is CCCC1(C(=O)O)CCCN(C(=O)CCCN2CCCC2=O)C1. The van der Waals surface area contributed by atoms with Gasteiger partial charge in [0.25, 0.3) is 0 Å². The summed E-state index contributed by atoms with van der Waals surface area (Å²) in [6, 6.07) is 0. The summed E-state index contributed by atoms with van der Waals surface area (Å²) in [6.07, 6.45) is 5.43. The maximum atomic E-state index is 12.4. The molecule has 0 spiro atoms. The summed E-state index contributed by atoms with van der Waals surface area (Å²) >= 11 is 0. The van der Waals surface area contributed by atoms with Gasteiger partial charge >= 0.3 is 5.97 Å². The summed E-state index contributed by atoms with van der Waals surface area (Å²) in [4.78, 5) is 39.2. The number of amides is 2. The van der Waals surface area contributed by atoms with Gasteiger partial charge in [0.15, 0.2) is 0 Å². The summed E-state index contributed by atoms with van der Waals surface area (Å²) in [5.41, 5.74) is -0.770. The molecule has 0 saturated carbocycles. The van der Waals surface area contributed by atoms with E-state index in [4.69, 9.17) is 0 Å². The standard InChI is InChI=1S/C17H28N2O4/c1-2-8-17(16(22)23)9-5-12-19(13-17)15(21)7-4-11-18-10-3-6-14(18)20/h2-13H2,1H3,(H,22,23). The Bertz CT molecular complexity index is 462. The highest BCUT2D eigenvalue weighted by atomic mass is 16.4. The lowest BCUT2D eigenvalue weighted by atomic mass is 9.76. The molecule has 0 bridgehead atoms. The molecular formula is C17H28N2O4. The van der Waals surface area contributed by atoms with Crippen LogP contribution in [0, 0.1) is 5.41 Å². The molecule has 1 unspecified atom stereocenters. The van der Waals surface area contributed by atoms with Crippen molar-refractivity contribution in [1.29, 1.82) is 0 Å². The van der Waals surface area contributed by atoms with E-state index >= 15 is 0 Å². The lowest BCUT2D eigenvalue weighted by molar-refractivity contribution is -0.155. The van der Waals surface area contributed by atoms with Crippen molar-refractivity contribution in [3.05, 3.63) is 0 Å². The molecule has 23 heavy (non-hydrogen) atoms. The molecule has 1 atom stereocenters. The van der Waals surface area contributed by atoms with Crippen LogP contribution in [-0.2, 0) is 14.4 Å². The molecule has 2 aliphatic rings. The number of rotatable bonds is 7. The monoisotopic (exact) mass is 324 g/mol. The molecule has 0 aromatic heterocycles. The highest BCUT2D eigenvalue weighted by Crippen LogP contribution is 2.35. The van der Waals surface area contributed by atoms with Gasteiger partial charge in [-0.3, -0.25) is 14.4 Å². The van der Waals surface area contributed by atoms with Crippen molar-refractivity contribution in [1.82, 2.24) is 9.80 Å². The minimum absolute atomic E-state index is 0.0260. The van der Waals surface area contributed by atoms with Crippen molar-refractivity contribution in [3.63, 3.8) is 0 Å². The van der Waals surface area contributed by atoms with E-state index < -0.39 is 11.4 Å². The number of carbonyl (C=O) groups excluding carboxylic acids is 2. The normalized spacial score (nSPS) is 25.0. The van der Waals surface area contributed by atoms with Crippen molar-refractivity contribution in [2.45, 2.75) is 58.3 Å². The van der Waals surface area contributed by atoms with Crippen molar-refractivity contribution in [3.8, 4) is 0 Å². The Kier molecular flexibility index (Phi) is 6.02. The number of carboxylic acid groups (broad SMARTS) is 1. The molecule has 2 aliphatic heterocycles. The predicted octanol–water partition coefficient (Wildman–Crippen LogP) is 1.88. The van der Waals surface area contributed by atoms with E-state index in [9.17, 15) is 19.5 Å². The zero-order valence-electron chi connectivity index (χ0n) is 14.1. The van der Waals surface area contributed by atoms with E-state index in [1.165, 1.54) is 0 Å². The summed E-state index contributed by atoms with van der Waals surface area (Å²) < 4.78 is 0. The number of nitrogens with zero attached hydrogens (tertiary/aromatic N) is 2. The average Bonchev–Trinajstić information content (AvgIpc) is 2.93. The first-order valence-electron chi connectivity index (χ1n) is 8.77. The molecule has 2 fully saturated rings. The smallest absolute Gasteiger partial charge is 0.311 e. The molecule has 2 amide bonds. The second-order valence-corrected chi connectivity index (χ2v) is 6.84. The first-order chi connectivity index (χ1) is 11.0. The zero-order valence-corrected chi connectivity index (χ0v) is 14.1. The second-order valence-electron chi connectivity index (χ2n) is 6.84. The van der Waals surface area contributed by atoms with Crippen LogP contribution in [0.3, 0.4) is 0 Å². The molecule has 0 aromatic carbocycles. The molecular weight excluding hydrogens is 296 g/mol. The van der Waals surface area contributed by atoms with E-state index in [0.29, 0.717) is 51.7 Å². The highest BCUT2D eigenvalue weighted by molar-refractivity contribution is 5.80. The Labute approximate surface area is 137 Å². The van der Waals surface area contributed by atoms with Crippen molar-refractivity contribution in [2.24, 2.45) is 5.41 Å². The minimum atomic E-state index is -0.778. The molecule has 6 nitrogen and oxygen atoms in total. The van der Waals surface area contributed by atoms with Gasteiger partial charge in [-0.05, 0) is 32.1 Å². The Morgan fingerprint density at radius 1 is 1.26 bits per heavy atom. The minimum Gasteiger partial charge on any atom is -0.481 e. The van der Waals surface area contributed by atoms with E-state index in [0.717, 1.165) is 25.8 Å². The molecule has 0 aliphatic carbocycles. The molecule has 0 aromatic rings. The topological polar surface area (TPSA) is 77.9 Å². The van der Waals surface area contributed by atoms with Gasteiger partial charge in [0.2, 0.25) is 11.8 Å². The number of carbonyl (C=O) groups is 3. The third-order valence-corrected chi connectivity index (χ3v) is 5.10. The number of carboxylic acids is 1. The van der Waals surface area contributed by atoms with E-state index in [1.807, 2.05) is 11.8 Å². The van der Waals surface area contributed by atoms with Gasteiger partial charge in [-0.25, -0.2) is 0 Å². The van der Waals surface area contributed by atoms with Crippen molar-refractivity contribution >= 4 is 17.8 Å². The highest BCUT2D eigenvalue weighted by Gasteiger charge is 2.42. The van der Waals surface area contributed by atoms with Crippen molar-refractivity contribution < 1.29 is 19.5 Å². The number of hydrogen-bond acceptors (Lipinski definition) is 3. The van der Waals surface area contributed by atoms with Crippen LogP contribution in [0.5, 0.6) is 0 Å². The van der Waals surface area contributed by atoms with Crippen LogP contribution in [0.25, 0.3) is 0 Å². The molecule has 2 rings (SSSR count). The number of hydrogen-bond donors (Lipinski definition) is 1. The fourth-order valence-electron chi connectivity index (χ4n) is 3.83. The average molecular weight is 324 g/mol. The summed E-state index contributed by atoms with van der Waals surface area (Å²) in [5.74, 6) is -0.569. The second kappa shape index (κ2) is 7.79. The van der Waals surface area contributed by atoms with Crippen LogP contribution in [-0.4, -0.2) is 58.9 Å². The van der Waals surface area contributed by atoms with Crippen LogP contribution >= 0.6 is 0 Å². The van der Waals surface area contributed by atoms with Gasteiger partial charge in [0.05, 0.1) is 5.41 Å². The third-order valence-electron chi connectivity index (χ3n) is 5.10. The van der Waals surface area contributed by atoms with Gasteiger partial charge in [0.1, 0.15) is 0 Å². The Morgan fingerprint density at radius 3 is 2.65 bits per heavy atom. The van der Waals surface area contributed by atoms with E-state index in [1.54, 1.807) is 4.90 Å². The van der Waals surface area contributed by atoms with Gasteiger partial charge in [-0.2, -0.15) is 0 Å². The largest absolute Gasteiger partial charge is 0.481 e. The first-order valence-corrected chi connectivity index (χ1v) is 8.77. The summed E-state index contributed by atoms with van der Waals surface area (Å²) in [5, 5.41) is 9.59. The van der Waals surface area contributed by atoms with Crippen LogP contribution in [0.4, 0.5) is 0 Å². The molecule has 130 valence electrons. The molecule has 2 saturated heterocycles. The number of aliphatic carboxylic acids is 1. The zero-order chi connectivity index (χ0) is 16.9. The Balaban J connectivity index is 1.83. The van der Waals surface area contributed by atoms with Gasteiger partial charge in [-0.15, -0.1) is 0 Å². The first kappa shape index (κ1) is 17.8. The quantitative estimate of drug-likeness (QED) is 0.775. The number of piperidine rings is 1. The lowest BCUT2D eigenvalue weighted by Crippen LogP contribution is -2.50. The molecule has 6 heteroatoms. The molecule has 1 N–H and O–H groups in total. The predicted molar refractivity (Wildman–Crippen MR) is 85.8 cm³/mol. The van der Waals surface area contributed by atoms with Crippen LogP contribution in [0.15, 0.2) is 0 Å². The Morgan fingerprint density at radius 2 is 2.04 bits per heavy atom. The van der Waals surface area contributed by atoms with Gasteiger partial charge in [0, 0.05) is 39.0 Å². The van der Waals surface area contributed by atoms with Crippen LogP contribution in [0.2, 0.25) is 0 Å². The summed E-state index contributed by atoms with van der Waals surface area (Å²) in [6.45, 7) is 4.41. The van der Waals surface area contributed by atoms with Crippen molar-refractivity contribution in [2.75, 3.05) is 26.2 Å². The van der Waals surface area contributed by atoms with Crippen LogP contribution < -0.4 is 0 Å². The maximum Gasteiger partial charge on any atom is 0.311 e. The fraction of sp³-hybridized carbons (Fsp3) is 0.824. The molecule has 0 radical (unpaired) electrons. The Hall–Kier alpha value is -1.59. The fourth-order valence-corrected chi connectivity index (χ4v) is 3.83. The molecule has 2 heterocycles. The maximum absolute atomic E-state index is 12.4. The lowest BCUT2D eigenvalue weighted by Gasteiger charge is -2.40. The summed E-state index contributed by atoms with van der Waals surface area (Å²) in [7, 11) is 0.